The summed E-state index contributed by atoms with van der Waals surface area (Å²) < 4.78 is 5.45. The molecular weight excluding hydrogens is 330 g/mol. The Morgan fingerprint density at radius 1 is 1.47 bits per heavy atom. The highest BCUT2D eigenvalue weighted by atomic mass is 79.9. The largest absolute Gasteiger partial charge is 0.506 e. The molecule has 0 spiro atoms. The first-order chi connectivity index (χ1) is 6.97. The zero-order chi connectivity index (χ0) is 11.6. The van der Waals surface area contributed by atoms with Crippen LogP contribution in [0.1, 0.15) is 11.6 Å². The molecule has 0 aliphatic carbocycles. The van der Waals surface area contributed by atoms with Crippen LogP contribution in [0, 0.1) is 0 Å². The standard InChI is InChI=1S/C9H9Br2NO3/c1-15-9(14)7(12)4-2-5(10)8(13)6(11)3-4/h2-3,7,13H,12H2,1H3/t7-/m0/s1. The van der Waals surface area contributed by atoms with Gasteiger partial charge in [-0.2, -0.15) is 0 Å². The van der Waals surface area contributed by atoms with Crippen molar-refractivity contribution in [2.75, 3.05) is 7.11 Å². The summed E-state index contributed by atoms with van der Waals surface area (Å²) in [7, 11) is 1.27. The van der Waals surface area contributed by atoms with Crippen molar-refractivity contribution in [2.45, 2.75) is 6.04 Å². The Labute approximate surface area is 104 Å². The van der Waals surface area contributed by atoms with Gasteiger partial charge in [0.2, 0.25) is 0 Å². The minimum Gasteiger partial charge on any atom is -0.506 e. The van der Waals surface area contributed by atoms with Gasteiger partial charge in [-0.25, -0.2) is 0 Å². The van der Waals surface area contributed by atoms with E-state index in [9.17, 15) is 9.90 Å². The van der Waals surface area contributed by atoms with Gasteiger partial charge in [-0.3, -0.25) is 4.79 Å². The number of ether oxygens (including phenoxy) is 1. The molecule has 0 aliphatic rings. The van der Waals surface area contributed by atoms with Gasteiger partial charge >= 0.3 is 5.97 Å². The molecule has 1 aromatic carbocycles. The normalized spacial score (nSPS) is 12.3. The van der Waals surface area contributed by atoms with Gasteiger partial charge in [0, 0.05) is 0 Å². The predicted molar refractivity (Wildman–Crippen MR) is 62.5 cm³/mol. The highest BCUT2D eigenvalue weighted by Crippen LogP contribution is 2.34. The SMILES string of the molecule is COC(=O)[C@@H](N)c1cc(Br)c(O)c(Br)c1. The third-order valence-corrected chi connectivity index (χ3v) is 3.06. The van der Waals surface area contributed by atoms with Gasteiger partial charge in [0.1, 0.15) is 11.8 Å². The lowest BCUT2D eigenvalue weighted by Crippen LogP contribution is -2.22. The second-order valence-corrected chi connectivity index (χ2v) is 4.54. The molecule has 82 valence electrons. The average molecular weight is 339 g/mol. The van der Waals surface area contributed by atoms with E-state index < -0.39 is 12.0 Å². The molecule has 4 nitrogen and oxygen atoms in total. The van der Waals surface area contributed by atoms with E-state index in [1.54, 1.807) is 12.1 Å². The van der Waals surface area contributed by atoms with Gasteiger partial charge in [-0.05, 0) is 49.6 Å². The van der Waals surface area contributed by atoms with Crippen molar-refractivity contribution in [2.24, 2.45) is 5.73 Å². The number of phenolic OH excluding ortho intramolecular Hbond substituents is 1. The van der Waals surface area contributed by atoms with Gasteiger partial charge in [-0.15, -0.1) is 0 Å². The first-order valence-corrected chi connectivity index (χ1v) is 5.57. The van der Waals surface area contributed by atoms with Crippen LogP contribution in [0.15, 0.2) is 21.1 Å². The van der Waals surface area contributed by atoms with Crippen LogP contribution < -0.4 is 5.73 Å². The highest BCUT2D eigenvalue weighted by molar-refractivity contribution is 9.11. The second-order valence-electron chi connectivity index (χ2n) is 2.83. The molecule has 15 heavy (non-hydrogen) atoms. The van der Waals surface area contributed by atoms with Crippen LogP contribution in [0.25, 0.3) is 0 Å². The number of aromatic hydroxyl groups is 1. The summed E-state index contributed by atoms with van der Waals surface area (Å²) in [4.78, 5) is 11.2. The van der Waals surface area contributed by atoms with Gasteiger partial charge in [0.05, 0.1) is 16.1 Å². The van der Waals surface area contributed by atoms with Crippen molar-refractivity contribution in [3.05, 3.63) is 26.6 Å². The molecule has 6 heteroatoms. The fourth-order valence-corrected chi connectivity index (χ4v) is 2.25. The molecule has 0 unspecified atom stereocenters. The van der Waals surface area contributed by atoms with E-state index in [4.69, 9.17) is 5.73 Å². The Balaban J connectivity index is 3.11. The van der Waals surface area contributed by atoms with E-state index in [1.807, 2.05) is 0 Å². The first-order valence-electron chi connectivity index (χ1n) is 3.98. The van der Waals surface area contributed by atoms with Crippen LogP contribution in [0.5, 0.6) is 5.75 Å². The Morgan fingerprint density at radius 3 is 2.33 bits per heavy atom. The quantitative estimate of drug-likeness (QED) is 0.810. The Bertz CT molecular complexity index is 372. The molecule has 0 bridgehead atoms. The number of hydrogen-bond acceptors (Lipinski definition) is 4. The van der Waals surface area contributed by atoms with Crippen LogP contribution >= 0.6 is 31.9 Å². The van der Waals surface area contributed by atoms with E-state index in [1.165, 1.54) is 7.11 Å². The van der Waals surface area contributed by atoms with Crippen LogP contribution in [-0.2, 0) is 9.53 Å². The van der Waals surface area contributed by atoms with E-state index >= 15 is 0 Å². The predicted octanol–water partition coefficient (Wildman–Crippen LogP) is 2.09. The van der Waals surface area contributed by atoms with Crippen LogP contribution in [0.4, 0.5) is 0 Å². The molecular formula is C9H9Br2NO3. The van der Waals surface area contributed by atoms with Gasteiger partial charge < -0.3 is 15.6 Å². The van der Waals surface area contributed by atoms with Crippen LogP contribution in [0.2, 0.25) is 0 Å². The molecule has 1 atom stereocenters. The Morgan fingerprint density at radius 2 is 1.93 bits per heavy atom. The summed E-state index contributed by atoms with van der Waals surface area (Å²) in [5, 5.41) is 9.46. The van der Waals surface area contributed by atoms with Crippen LogP contribution in [-0.4, -0.2) is 18.2 Å². The third-order valence-electron chi connectivity index (χ3n) is 1.85. The zero-order valence-electron chi connectivity index (χ0n) is 7.83. The van der Waals surface area contributed by atoms with Crippen molar-refractivity contribution in [3.8, 4) is 5.75 Å². The van der Waals surface area contributed by atoms with Gasteiger partial charge in [0.15, 0.2) is 0 Å². The zero-order valence-corrected chi connectivity index (χ0v) is 11.0. The van der Waals surface area contributed by atoms with Gasteiger partial charge in [0.25, 0.3) is 0 Å². The molecule has 0 saturated heterocycles. The summed E-state index contributed by atoms with van der Waals surface area (Å²) in [5.41, 5.74) is 6.19. The van der Waals surface area contributed by atoms with Crippen molar-refractivity contribution in [1.29, 1.82) is 0 Å². The summed E-state index contributed by atoms with van der Waals surface area (Å²) in [6.07, 6.45) is 0. The third kappa shape index (κ3) is 2.70. The molecule has 0 aromatic heterocycles. The number of carbonyl (C=O) groups is 1. The lowest BCUT2D eigenvalue weighted by Gasteiger charge is -2.11. The Hall–Kier alpha value is -0.590. The minimum absolute atomic E-state index is 0.0656. The smallest absolute Gasteiger partial charge is 0.327 e. The molecule has 0 heterocycles. The minimum atomic E-state index is -0.858. The van der Waals surface area contributed by atoms with E-state index in [0.717, 1.165) is 0 Å². The maximum absolute atomic E-state index is 11.2. The van der Waals surface area contributed by atoms with Crippen molar-refractivity contribution >= 4 is 37.8 Å². The number of carbonyl (C=O) groups excluding carboxylic acids is 1. The first kappa shape index (κ1) is 12.5. The van der Waals surface area contributed by atoms with Crippen LogP contribution in [0.3, 0.4) is 0 Å². The Kier molecular flexibility index (Phi) is 4.12. The molecule has 0 fully saturated rings. The number of phenols is 1. The molecule has 1 rings (SSSR count). The van der Waals surface area contributed by atoms with Crippen molar-refractivity contribution in [1.82, 2.24) is 0 Å². The summed E-state index contributed by atoms with van der Waals surface area (Å²) >= 11 is 6.30. The molecule has 0 saturated carbocycles. The molecule has 0 amide bonds. The van der Waals surface area contributed by atoms with E-state index in [0.29, 0.717) is 14.5 Å². The monoisotopic (exact) mass is 337 g/mol. The number of halogens is 2. The lowest BCUT2D eigenvalue weighted by molar-refractivity contribution is -0.142. The summed E-state index contributed by atoms with van der Waals surface area (Å²) in [6, 6.07) is 2.28. The van der Waals surface area contributed by atoms with Crippen molar-refractivity contribution < 1.29 is 14.6 Å². The molecule has 0 radical (unpaired) electrons. The number of rotatable bonds is 2. The molecule has 0 aliphatic heterocycles. The topological polar surface area (TPSA) is 72.5 Å². The summed E-state index contributed by atoms with van der Waals surface area (Å²) in [5.74, 6) is -0.463. The lowest BCUT2D eigenvalue weighted by atomic mass is 10.1. The summed E-state index contributed by atoms with van der Waals surface area (Å²) in [6.45, 7) is 0. The molecule has 3 N–H and O–H groups in total. The number of hydrogen-bond donors (Lipinski definition) is 2. The van der Waals surface area contributed by atoms with E-state index in [-0.39, 0.29) is 5.75 Å². The fraction of sp³-hybridized carbons (Fsp3) is 0.222. The number of nitrogens with two attached hydrogens (primary N) is 1. The number of esters is 1. The number of methoxy groups -OCH3 is 1. The highest BCUT2D eigenvalue weighted by Gasteiger charge is 2.18. The van der Waals surface area contributed by atoms with E-state index in [2.05, 4.69) is 36.6 Å². The van der Waals surface area contributed by atoms with Gasteiger partial charge in [-0.1, -0.05) is 0 Å². The second kappa shape index (κ2) is 4.96. The molecule has 1 aromatic rings. The maximum atomic E-state index is 11.2. The average Bonchev–Trinajstić information content (AvgIpc) is 2.23. The van der Waals surface area contributed by atoms with Crippen molar-refractivity contribution in [3.63, 3.8) is 0 Å². The fourth-order valence-electron chi connectivity index (χ4n) is 1.03. The maximum Gasteiger partial charge on any atom is 0.327 e. The number of benzene rings is 1.